The largest absolute Gasteiger partial charge is 0.387 e. The van der Waals surface area contributed by atoms with Crippen LogP contribution in [0.3, 0.4) is 0 Å². The van der Waals surface area contributed by atoms with Gasteiger partial charge in [-0.1, -0.05) is 23.2 Å². The smallest absolute Gasteiger partial charge is 0.0977 e. The first-order valence-corrected chi connectivity index (χ1v) is 7.52. The summed E-state index contributed by atoms with van der Waals surface area (Å²) in [7, 11) is 0. The maximum absolute atomic E-state index is 10.1. The Morgan fingerprint density at radius 3 is 2.47 bits per heavy atom. The van der Waals surface area contributed by atoms with Crippen LogP contribution in [0.4, 0.5) is 5.69 Å². The van der Waals surface area contributed by atoms with Crippen molar-refractivity contribution in [2.45, 2.75) is 6.10 Å². The summed E-state index contributed by atoms with van der Waals surface area (Å²) in [5.74, 6) is 0. The summed E-state index contributed by atoms with van der Waals surface area (Å²) in [5.41, 5.74) is 1.59. The van der Waals surface area contributed by atoms with Crippen molar-refractivity contribution >= 4 is 51.5 Å². The van der Waals surface area contributed by atoms with Crippen molar-refractivity contribution in [2.24, 2.45) is 0 Å². The zero-order chi connectivity index (χ0) is 13.8. The van der Waals surface area contributed by atoms with Gasteiger partial charge in [0.05, 0.1) is 6.10 Å². The molecule has 2 aromatic carbocycles. The first kappa shape index (κ1) is 14.9. The van der Waals surface area contributed by atoms with Gasteiger partial charge in [-0.05, 0) is 65.1 Å². The summed E-state index contributed by atoms with van der Waals surface area (Å²) in [4.78, 5) is 0. The van der Waals surface area contributed by atoms with E-state index in [-0.39, 0.29) is 0 Å². The Morgan fingerprint density at radius 2 is 1.79 bits per heavy atom. The average molecular weight is 408 g/mol. The van der Waals surface area contributed by atoms with Gasteiger partial charge >= 0.3 is 0 Å². The Morgan fingerprint density at radius 1 is 1.11 bits per heavy atom. The quantitative estimate of drug-likeness (QED) is 0.717. The molecule has 0 bridgehead atoms. The molecule has 0 aliphatic rings. The fourth-order valence-corrected chi connectivity index (χ4v) is 2.45. The van der Waals surface area contributed by atoms with Crippen molar-refractivity contribution in [2.75, 3.05) is 11.9 Å². The van der Waals surface area contributed by atoms with Crippen LogP contribution < -0.4 is 5.32 Å². The number of halogens is 3. The van der Waals surface area contributed by atoms with Gasteiger partial charge in [-0.3, -0.25) is 0 Å². The van der Waals surface area contributed by atoms with E-state index < -0.39 is 6.10 Å². The molecule has 0 aliphatic carbocycles. The minimum absolute atomic E-state index is 0.376. The molecule has 0 amide bonds. The van der Waals surface area contributed by atoms with E-state index in [1.807, 2.05) is 24.3 Å². The molecule has 100 valence electrons. The van der Waals surface area contributed by atoms with E-state index in [1.165, 1.54) is 3.57 Å². The number of nitrogens with one attached hydrogen (secondary N) is 1. The molecular formula is C14H12Cl2INO. The summed E-state index contributed by atoms with van der Waals surface area (Å²) < 4.78 is 1.17. The van der Waals surface area contributed by atoms with Gasteiger partial charge in [0, 0.05) is 31.4 Å². The van der Waals surface area contributed by atoms with E-state index in [0.717, 1.165) is 5.69 Å². The standard InChI is InChI=1S/C14H12Cl2INO/c15-9-1-6-13(16)12(7-9)14(19)8-18-11-4-2-10(17)3-5-11/h1-7,14,18-19H,8H2. The molecule has 0 aromatic heterocycles. The van der Waals surface area contributed by atoms with E-state index in [4.69, 9.17) is 23.2 Å². The molecule has 5 heteroatoms. The van der Waals surface area contributed by atoms with Crippen molar-refractivity contribution in [3.63, 3.8) is 0 Å². The van der Waals surface area contributed by atoms with Gasteiger partial charge in [-0.2, -0.15) is 0 Å². The third kappa shape index (κ3) is 4.24. The fraction of sp³-hybridized carbons (Fsp3) is 0.143. The fourth-order valence-electron chi connectivity index (χ4n) is 1.66. The van der Waals surface area contributed by atoms with Crippen LogP contribution >= 0.6 is 45.8 Å². The first-order valence-electron chi connectivity index (χ1n) is 5.69. The van der Waals surface area contributed by atoms with E-state index in [0.29, 0.717) is 22.2 Å². The molecule has 0 saturated carbocycles. The number of benzene rings is 2. The van der Waals surface area contributed by atoms with Crippen LogP contribution in [-0.2, 0) is 0 Å². The van der Waals surface area contributed by atoms with Crippen molar-refractivity contribution in [3.05, 3.63) is 61.6 Å². The first-order chi connectivity index (χ1) is 9.06. The number of anilines is 1. The molecule has 0 radical (unpaired) electrons. The van der Waals surface area contributed by atoms with Gasteiger partial charge in [-0.25, -0.2) is 0 Å². The lowest BCUT2D eigenvalue weighted by Gasteiger charge is -2.15. The molecule has 0 fully saturated rings. The molecule has 19 heavy (non-hydrogen) atoms. The third-order valence-corrected chi connectivity index (χ3v) is 3.96. The average Bonchev–Trinajstić information content (AvgIpc) is 2.40. The second-order valence-corrected chi connectivity index (χ2v) is 6.16. The lowest BCUT2D eigenvalue weighted by molar-refractivity contribution is 0.192. The molecule has 1 unspecified atom stereocenters. The monoisotopic (exact) mass is 407 g/mol. The normalized spacial score (nSPS) is 12.2. The zero-order valence-corrected chi connectivity index (χ0v) is 13.6. The molecule has 2 nitrogen and oxygen atoms in total. The number of hydrogen-bond donors (Lipinski definition) is 2. The Hall–Kier alpha value is -0.490. The van der Waals surface area contributed by atoms with Gasteiger partial charge in [0.1, 0.15) is 0 Å². The second kappa shape index (κ2) is 6.79. The zero-order valence-electron chi connectivity index (χ0n) is 9.91. The van der Waals surface area contributed by atoms with Crippen molar-refractivity contribution in [3.8, 4) is 0 Å². The summed E-state index contributed by atoms with van der Waals surface area (Å²) >= 11 is 14.2. The predicted octanol–water partition coefficient (Wildman–Crippen LogP) is 4.74. The minimum Gasteiger partial charge on any atom is -0.387 e. The summed E-state index contributed by atoms with van der Waals surface area (Å²) in [6, 6.07) is 13.0. The predicted molar refractivity (Wildman–Crippen MR) is 89.1 cm³/mol. The number of hydrogen-bond acceptors (Lipinski definition) is 2. The Balaban J connectivity index is 2.03. The minimum atomic E-state index is -0.703. The topological polar surface area (TPSA) is 32.3 Å². The SMILES string of the molecule is OC(CNc1ccc(I)cc1)c1cc(Cl)ccc1Cl. The van der Waals surface area contributed by atoms with Gasteiger partial charge in [-0.15, -0.1) is 0 Å². The summed E-state index contributed by atoms with van der Waals surface area (Å²) in [6.45, 7) is 0.376. The highest BCUT2D eigenvalue weighted by atomic mass is 127. The highest BCUT2D eigenvalue weighted by Crippen LogP contribution is 2.26. The van der Waals surface area contributed by atoms with E-state index in [2.05, 4.69) is 27.9 Å². The van der Waals surface area contributed by atoms with Crippen LogP contribution in [-0.4, -0.2) is 11.7 Å². The molecule has 1 atom stereocenters. The van der Waals surface area contributed by atoms with Gasteiger partial charge in [0.25, 0.3) is 0 Å². The maximum atomic E-state index is 10.1. The van der Waals surface area contributed by atoms with Gasteiger partial charge in [0.2, 0.25) is 0 Å². The van der Waals surface area contributed by atoms with Crippen LogP contribution in [0.25, 0.3) is 0 Å². The molecule has 0 saturated heterocycles. The number of aliphatic hydroxyl groups excluding tert-OH is 1. The number of aliphatic hydroxyl groups is 1. The lowest BCUT2D eigenvalue weighted by atomic mass is 10.1. The van der Waals surface area contributed by atoms with Gasteiger partial charge in [0.15, 0.2) is 0 Å². The van der Waals surface area contributed by atoms with Crippen molar-refractivity contribution < 1.29 is 5.11 Å². The Kier molecular flexibility index (Phi) is 5.33. The second-order valence-electron chi connectivity index (χ2n) is 4.07. The van der Waals surface area contributed by atoms with Crippen LogP contribution in [0, 0.1) is 3.57 Å². The molecule has 2 aromatic rings. The van der Waals surface area contributed by atoms with E-state index in [1.54, 1.807) is 18.2 Å². The highest BCUT2D eigenvalue weighted by Gasteiger charge is 2.12. The molecule has 2 rings (SSSR count). The third-order valence-electron chi connectivity index (χ3n) is 2.66. The van der Waals surface area contributed by atoms with Crippen LogP contribution in [0.1, 0.15) is 11.7 Å². The Bertz CT molecular complexity index is 560. The molecule has 0 aliphatic heterocycles. The van der Waals surface area contributed by atoms with Crippen molar-refractivity contribution in [1.82, 2.24) is 0 Å². The van der Waals surface area contributed by atoms with Crippen LogP contribution in [0.15, 0.2) is 42.5 Å². The molecular weight excluding hydrogens is 396 g/mol. The van der Waals surface area contributed by atoms with Gasteiger partial charge < -0.3 is 10.4 Å². The highest BCUT2D eigenvalue weighted by molar-refractivity contribution is 14.1. The summed E-state index contributed by atoms with van der Waals surface area (Å²) in [5, 5.41) is 14.4. The lowest BCUT2D eigenvalue weighted by Crippen LogP contribution is -2.12. The van der Waals surface area contributed by atoms with Crippen LogP contribution in [0.5, 0.6) is 0 Å². The molecule has 2 N–H and O–H groups in total. The van der Waals surface area contributed by atoms with Crippen molar-refractivity contribution in [1.29, 1.82) is 0 Å². The summed E-state index contributed by atoms with van der Waals surface area (Å²) in [6.07, 6.45) is -0.703. The molecule has 0 spiro atoms. The van der Waals surface area contributed by atoms with E-state index >= 15 is 0 Å². The van der Waals surface area contributed by atoms with Crippen LogP contribution in [0.2, 0.25) is 10.0 Å². The maximum Gasteiger partial charge on any atom is 0.0977 e. The number of rotatable bonds is 4. The van der Waals surface area contributed by atoms with E-state index in [9.17, 15) is 5.11 Å². The Labute approximate surface area is 135 Å². The molecule has 0 heterocycles.